The highest BCUT2D eigenvalue weighted by Gasteiger charge is 2.16. The Labute approximate surface area is 151 Å². The van der Waals surface area contributed by atoms with Gasteiger partial charge >= 0.3 is 0 Å². The van der Waals surface area contributed by atoms with Crippen molar-refractivity contribution in [3.05, 3.63) is 83.7 Å². The van der Waals surface area contributed by atoms with E-state index in [1.165, 1.54) is 0 Å². The molecule has 4 rings (SSSR count). The van der Waals surface area contributed by atoms with Crippen LogP contribution in [-0.4, -0.2) is 20.5 Å². The number of anilines is 1. The molecule has 0 unspecified atom stereocenters. The number of nitrogens with zero attached hydrogens (tertiary/aromatic N) is 3. The molecule has 2 aromatic carbocycles. The van der Waals surface area contributed by atoms with Gasteiger partial charge in [0.1, 0.15) is 5.56 Å². The SMILES string of the molecule is Cc1ccc(NC(=O)c2cnn3c(-c4cccc(C)c4)ccnc23)cc1. The predicted octanol–water partition coefficient (Wildman–Crippen LogP) is 4.27. The fourth-order valence-corrected chi connectivity index (χ4v) is 2.91. The van der Waals surface area contributed by atoms with Crippen LogP contribution in [0.2, 0.25) is 0 Å². The maximum atomic E-state index is 12.7. The Kier molecular flexibility index (Phi) is 3.97. The average molecular weight is 342 g/mol. The summed E-state index contributed by atoms with van der Waals surface area (Å²) in [5.41, 5.74) is 5.96. The van der Waals surface area contributed by atoms with Crippen LogP contribution in [0.5, 0.6) is 0 Å². The zero-order valence-corrected chi connectivity index (χ0v) is 14.6. The lowest BCUT2D eigenvalue weighted by Gasteiger charge is -2.07. The van der Waals surface area contributed by atoms with E-state index in [0.717, 1.165) is 28.1 Å². The molecule has 4 aromatic rings. The molecule has 0 saturated carbocycles. The van der Waals surface area contributed by atoms with Gasteiger partial charge in [-0.25, -0.2) is 9.50 Å². The molecular weight excluding hydrogens is 324 g/mol. The van der Waals surface area contributed by atoms with Gasteiger partial charge in [-0.2, -0.15) is 5.10 Å². The van der Waals surface area contributed by atoms with Gasteiger partial charge in [-0.05, 0) is 38.1 Å². The minimum Gasteiger partial charge on any atom is -0.322 e. The first-order chi connectivity index (χ1) is 12.6. The summed E-state index contributed by atoms with van der Waals surface area (Å²) in [6, 6.07) is 17.7. The number of hydrogen-bond acceptors (Lipinski definition) is 3. The lowest BCUT2D eigenvalue weighted by Crippen LogP contribution is -2.12. The van der Waals surface area contributed by atoms with Gasteiger partial charge in [0.15, 0.2) is 5.65 Å². The molecule has 1 amide bonds. The first kappa shape index (κ1) is 16.0. The van der Waals surface area contributed by atoms with E-state index < -0.39 is 0 Å². The monoisotopic (exact) mass is 342 g/mol. The minimum absolute atomic E-state index is 0.224. The van der Waals surface area contributed by atoms with Crippen LogP contribution in [0.4, 0.5) is 5.69 Å². The van der Waals surface area contributed by atoms with Crippen molar-refractivity contribution in [3.8, 4) is 11.3 Å². The molecule has 0 fully saturated rings. The maximum Gasteiger partial charge on any atom is 0.261 e. The first-order valence-corrected chi connectivity index (χ1v) is 8.39. The highest BCUT2D eigenvalue weighted by atomic mass is 16.1. The van der Waals surface area contributed by atoms with Crippen LogP contribution in [0, 0.1) is 13.8 Å². The fourth-order valence-electron chi connectivity index (χ4n) is 2.91. The van der Waals surface area contributed by atoms with Crippen molar-refractivity contribution >= 4 is 17.2 Å². The summed E-state index contributed by atoms with van der Waals surface area (Å²) >= 11 is 0. The molecular formula is C21H18N4O. The van der Waals surface area contributed by atoms with E-state index in [1.54, 1.807) is 16.9 Å². The van der Waals surface area contributed by atoms with Crippen LogP contribution >= 0.6 is 0 Å². The van der Waals surface area contributed by atoms with Gasteiger partial charge in [-0.1, -0.05) is 41.5 Å². The number of rotatable bonds is 3. The molecule has 2 heterocycles. The molecule has 0 aliphatic carbocycles. The molecule has 5 heteroatoms. The molecule has 0 aliphatic heterocycles. The number of carbonyl (C=O) groups excluding carboxylic acids is 1. The Balaban J connectivity index is 1.72. The Morgan fingerprint density at radius 3 is 2.58 bits per heavy atom. The average Bonchev–Trinajstić information content (AvgIpc) is 3.08. The molecule has 0 saturated heterocycles. The highest BCUT2D eigenvalue weighted by molar-refractivity contribution is 6.08. The van der Waals surface area contributed by atoms with Crippen molar-refractivity contribution in [2.45, 2.75) is 13.8 Å². The van der Waals surface area contributed by atoms with Gasteiger partial charge in [0.25, 0.3) is 5.91 Å². The second-order valence-corrected chi connectivity index (χ2v) is 6.31. The Morgan fingerprint density at radius 1 is 1.00 bits per heavy atom. The third kappa shape index (κ3) is 2.95. The number of benzene rings is 2. The number of hydrogen-bond donors (Lipinski definition) is 1. The zero-order chi connectivity index (χ0) is 18.1. The number of fused-ring (bicyclic) bond motifs is 1. The molecule has 2 aromatic heterocycles. The standard InChI is InChI=1S/C21H18N4O/c1-14-6-8-17(9-7-14)24-21(26)18-13-23-25-19(10-11-22-20(18)25)16-5-3-4-15(2)12-16/h3-13H,1-2H3,(H,24,26). The quantitative estimate of drug-likeness (QED) is 0.605. The Morgan fingerprint density at radius 2 is 1.81 bits per heavy atom. The molecule has 0 radical (unpaired) electrons. The summed E-state index contributed by atoms with van der Waals surface area (Å²) in [5, 5.41) is 7.29. The van der Waals surface area contributed by atoms with Crippen molar-refractivity contribution in [2.24, 2.45) is 0 Å². The van der Waals surface area contributed by atoms with E-state index in [9.17, 15) is 4.79 Å². The molecule has 0 bridgehead atoms. The van der Waals surface area contributed by atoms with Crippen LogP contribution in [0.25, 0.3) is 16.9 Å². The van der Waals surface area contributed by atoms with Gasteiger partial charge < -0.3 is 5.32 Å². The predicted molar refractivity (Wildman–Crippen MR) is 102 cm³/mol. The summed E-state index contributed by atoms with van der Waals surface area (Å²) in [4.78, 5) is 17.0. The maximum absolute atomic E-state index is 12.7. The molecule has 0 atom stereocenters. The van der Waals surface area contributed by atoms with Gasteiger partial charge in [0.2, 0.25) is 0 Å². The minimum atomic E-state index is -0.224. The number of aryl methyl sites for hydroxylation is 2. The van der Waals surface area contributed by atoms with Crippen LogP contribution < -0.4 is 5.32 Å². The summed E-state index contributed by atoms with van der Waals surface area (Å²) < 4.78 is 1.71. The van der Waals surface area contributed by atoms with E-state index in [4.69, 9.17) is 0 Å². The molecule has 0 spiro atoms. The van der Waals surface area contributed by atoms with E-state index in [-0.39, 0.29) is 5.91 Å². The van der Waals surface area contributed by atoms with Gasteiger partial charge in [-0.15, -0.1) is 0 Å². The van der Waals surface area contributed by atoms with Crippen LogP contribution in [0.3, 0.4) is 0 Å². The third-order valence-electron chi connectivity index (χ3n) is 4.27. The van der Waals surface area contributed by atoms with Crippen LogP contribution in [-0.2, 0) is 0 Å². The van der Waals surface area contributed by atoms with E-state index in [0.29, 0.717) is 11.2 Å². The molecule has 26 heavy (non-hydrogen) atoms. The van der Waals surface area contributed by atoms with Gasteiger partial charge in [-0.3, -0.25) is 4.79 Å². The van der Waals surface area contributed by atoms with Crippen molar-refractivity contribution in [3.63, 3.8) is 0 Å². The molecule has 128 valence electrons. The summed E-state index contributed by atoms with van der Waals surface area (Å²) in [6.07, 6.45) is 3.27. The van der Waals surface area contributed by atoms with Crippen LogP contribution in [0.1, 0.15) is 21.5 Å². The number of nitrogens with one attached hydrogen (secondary N) is 1. The van der Waals surface area contributed by atoms with Gasteiger partial charge in [0, 0.05) is 17.4 Å². The topological polar surface area (TPSA) is 59.3 Å². The van der Waals surface area contributed by atoms with E-state index in [1.807, 2.05) is 62.4 Å². The van der Waals surface area contributed by atoms with E-state index >= 15 is 0 Å². The lowest BCUT2D eigenvalue weighted by molar-refractivity contribution is 0.102. The number of amides is 1. The molecule has 0 aliphatic rings. The van der Waals surface area contributed by atoms with Gasteiger partial charge in [0.05, 0.1) is 11.9 Å². The Bertz CT molecular complexity index is 1100. The highest BCUT2D eigenvalue weighted by Crippen LogP contribution is 2.22. The summed E-state index contributed by atoms with van der Waals surface area (Å²) in [5.74, 6) is -0.224. The zero-order valence-electron chi connectivity index (χ0n) is 14.6. The first-order valence-electron chi connectivity index (χ1n) is 8.39. The van der Waals surface area contributed by atoms with E-state index in [2.05, 4.69) is 21.5 Å². The number of carbonyl (C=O) groups is 1. The lowest BCUT2D eigenvalue weighted by atomic mass is 10.1. The molecule has 1 N–H and O–H groups in total. The smallest absolute Gasteiger partial charge is 0.261 e. The van der Waals surface area contributed by atoms with Crippen LogP contribution in [0.15, 0.2) is 67.0 Å². The van der Waals surface area contributed by atoms with Crippen molar-refractivity contribution in [1.29, 1.82) is 0 Å². The fraction of sp³-hybridized carbons (Fsp3) is 0.0952. The summed E-state index contributed by atoms with van der Waals surface area (Å²) in [7, 11) is 0. The largest absolute Gasteiger partial charge is 0.322 e. The molecule has 5 nitrogen and oxygen atoms in total. The normalized spacial score (nSPS) is 10.8. The second-order valence-electron chi connectivity index (χ2n) is 6.31. The van der Waals surface area contributed by atoms with Crippen molar-refractivity contribution in [1.82, 2.24) is 14.6 Å². The Hall–Kier alpha value is -3.47. The third-order valence-corrected chi connectivity index (χ3v) is 4.27. The summed E-state index contributed by atoms with van der Waals surface area (Å²) in [6.45, 7) is 4.05. The van der Waals surface area contributed by atoms with Crippen molar-refractivity contribution in [2.75, 3.05) is 5.32 Å². The second kappa shape index (κ2) is 6.44. The van der Waals surface area contributed by atoms with Crippen molar-refractivity contribution < 1.29 is 4.79 Å². The number of aromatic nitrogens is 3.